The van der Waals surface area contributed by atoms with Gasteiger partial charge in [0.15, 0.2) is 0 Å². The fraction of sp³-hybridized carbons (Fsp3) is 0.545. The van der Waals surface area contributed by atoms with E-state index in [1.807, 2.05) is 6.07 Å². The molecule has 1 aliphatic rings. The first-order valence-electron chi connectivity index (χ1n) is 5.26. The molecule has 0 aliphatic carbocycles. The molecule has 1 aliphatic heterocycles. The molecule has 16 heavy (non-hydrogen) atoms. The van der Waals surface area contributed by atoms with Crippen LogP contribution < -0.4 is 0 Å². The number of hydrogen-bond acceptors (Lipinski definition) is 5. The van der Waals surface area contributed by atoms with Gasteiger partial charge in [0, 0.05) is 25.2 Å². The van der Waals surface area contributed by atoms with Crippen LogP contribution in [0.5, 0.6) is 0 Å². The van der Waals surface area contributed by atoms with Crippen molar-refractivity contribution in [2.45, 2.75) is 6.54 Å². The monoisotopic (exact) mass is 225 g/mol. The van der Waals surface area contributed by atoms with Crippen molar-refractivity contribution in [2.24, 2.45) is 0 Å². The van der Waals surface area contributed by atoms with Crippen LogP contribution >= 0.6 is 0 Å². The summed E-state index contributed by atoms with van der Waals surface area (Å²) in [5, 5.41) is 0. The van der Waals surface area contributed by atoms with Gasteiger partial charge in [-0.3, -0.25) is 4.90 Å². The molecule has 0 bridgehead atoms. The first kappa shape index (κ1) is 11.2. The number of esters is 1. The van der Waals surface area contributed by atoms with Crippen LogP contribution in [0.15, 0.2) is 16.7 Å². The molecule has 0 unspecified atom stereocenters. The number of rotatable bonds is 3. The zero-order chi connectivity index (χ0) is 11.4. The second kappa shape index (κ2) is 5.14. The van der Waals surface area contributed by atoms with Crippen LogP contribution in [0.1, 0.15) is 16.1 Å². The number of carbonyl (C=O) groups excluding carboxylic acids is 1. The van der Waals surface area contributed by atoms with E-state index >= 15 is 0 Å². The number of furan rings is 1. The molecule has 0 atom stereocenters. The van der Waals surface area contributed by atoms with Crippen LogP contribution in [0.3, 0.4) is 0 Å². The lowest BCUT2D eigenvalue weighted by Gasteiger charge is -2.26. The maximum Gasteiger partial charge on any atom is 0.374 e. The molecule has 0 radical (unpaired) electrons. The Kier molecular flexibility index (Phi) is 3.58. The normalized spacial score (nSPS) is 17.3. The van der Waals surface area contributed by atoms with Gasteiger partial charge in [0.25, 0.3) is 0 Å². The Morgan fingerprint density at radius 2 is 2.25 bits per heavy atom. The summed E-state index contributed by atoms with van der Waals surface area (Å²) in [6.07, 6.45) is 1.52. The van der Waals surface area contributed by atoms with E-state index in [9.17, 15) is 4.79 Å². The van der Waals surface area contributed by atoms with Gasteiger partial charge in [-0.1, -0.05) is 0 Å². The lowest BCUT2D eigenvalue weighted by molar-refractivity contribution is 0.0335. The number of carbonyl (C=O) groups is 1. The van der Waals surface area contributed by atoms with E-state index in [1.165, 1.54) is 13.4 Å². The lowest BCUT2D eigenvalue weighted by Crippen LogP contribution is -2.35. The number of morpholine rings is 1. The van der Waals surface area contributed by atoms with Crippen LogP contribution in [0, 0.1) is 0 Å². The molecule has 1 fully saturated rings. The molecule has 0 saturated carbocycles. The molecule has 0 aromatic carbocycles. The lowest BCUT2D eigenvalue weighted by atomic mass is 10.2. The smallest absolute Gasteiger partial charge is 0.374 e. The van der Waals surface area contributed by atoms with Gasteiger partial charge in [0.1, 0.15) is 0 Å². The molecule has 1 saturated heterocycles. The van der Waals surface area contributed by atoms with Crippen molar-refractivity contribution in [2.75, 3.05) is 33.4 Å². The second-order valence-corrected chi connectivity index (χ2v) is 3.66. The standard InChI is InChI=1S/C11H15NO4/c1-14-11(13)10-9(2-5-16-10)8-12-3-6-15-7-4-12/h2,5H,3-4,6-8H2,1H3. The average Bonchev–Trinajstić information content (AvgIpc) is 2.77. The third kappa shape index (κ3) is 2.43. The second-order valence-electron chi connectivity index (χ2n) is 3.66. The SMILES string of the molecule is COC(=O)c1occc1CN1CCOCC1. The molecule has 2 rings (SSSR count). The van der Waals surface area contributed by atoms with Crippen LogP contribution in [-0.4, -0.2) is 44.3 Å². The first-order chi connectivity index (χ1) is 7.81. The van der Waals surface area contributed by atoms with Crippen LogP contribution in [0.4, 0.5) is 0 Å². The van der Waals surface area contributed by atoms with E-state index in [0.29, 0.717) is 12.3 Å². The summed E-state index contributed by atoms with van der Waals surface area (Å²) < 4.78 is 15.0. The molecule has 2 heterocycles. The van der Waals surface area contributed by atoms with E-state index in [-0.39, 0.29) is 0 Å². The molecule has 0 amide bonds. The Morgan fingerprint density at radius 1 is 1.50 bits per heavy atom. The number of methoxy groups -OCH3 is 1. The maximum atomic E-state index is 11.4. The minimum atomic E-state index is -0.423. The van der Waals surface area contributed by atoms with Crippen LogP contribution in [0.2, 0.25) is 0 Å². The molecule has 5 nitrogen and oxygen atoms in total. The minimum Gasteiger partial charge on any atom is -0.463 e. The van der Waals surface area contributed by atoms with E-state index in [1.54, 1.807) is 0 Å². The van der Waals surface area contributed by atoms with Gasteiger partial charge >= 0.3 is 5.97 Å². The Hall–Kier alpha value is -1.33. The fourth-order valence-electron chi connectivity index (χ4n) is 1.73. The van der Waals surface area contributed by atoms with Gasteiger partial charge in [-0.05, 0) is 6.07 Å². The minimum absolute atomic E-state index is 0.300. The molecule has 1 aromatic heterocycles. The van der Waals surface area contributed by atoms with Crippen molar-refractivity contribution in [3.05, 3.63) is 23.7 Å². The summed E-state index contributed by atoms with van der Waals surface area (Å²) in [4.78, 5) is 13.6. The zero-order valence-corrected chi connectivity index (χ0v) is 9.27. The van der Waals surface area contributed by atoms with Gasteiger partial charge in [0.05, 0.1) is 26.6 Å². The van der Waals surface area contributed by atoms with Crippen LogP contribution in [-0.2, 0) is 16.0 Å². The molecule has 88 valence electrons. The highest BCUT2D eigenvalue weighted by Gasteiger charge is 2.19. The molecule has 0 N–H and O–H groups in total. The van der Waals surface area contributed by atoms with Crippen molar-refractivity contribution >= 4 is 5.97 Å². The maximum absolute atomic E-state index is 11.4. The average molecular weight is 225 g/mol. The van der Waals surface area contributed by atoms with Gasteiger partial charge in [-0.25, -0.2) is 4.79 Å². The summed E-state index contributed by atoms with van der Waals surface area (Å²) >= 11 is 0. The summed E-state index contributed by atoms with van der Waals surface area (Å²) in [6.45, 7) is 3.94. The molecular weight excluding hydrogens is 210 g/mol. The van der Waals surface area contributed by atoms with Crippen molar-refractivity contribution in [3.63, 3.8) is 0 Å². The van der Waals surface area contributed by atoms with Crippen molar-refractivity contribution in [3.8, 4) is 0 Å². The molecule has 5 heteroatoms. The third-order valence-electron chi connectivity index (χ3n) is 2.62. The van der Waals surface area contributed by atoms with Crippen LogP contribution in [0.25, 0.3) is 0 Å². The summed E-state index contributed by atoms with van der Waals surface area (Å²) in [6, 6.07) is 1.81. The predicted molar refractivity (Wildman–Crippen MR) is 56.1 cm³/mol. The Morgan fingerprint density at radius 3 is 2.94 bits per heavy atom. The molecule has 0 spiro atoms. The Bertz CT molecular complexity index is 355. The summed E-state index contributed by atoms with van der Waals surface area (Å²) in [5.74, 6) is -0.123. The van der Waals surface area contributed by atoms with Gasteiger partial charge in [-0.15, -0.1) is 0 Å². The van der Waals surface area contributed by atoms with Crippen molar-refractivity contribution in [1.82, 2.24) is 4.90 Å². The van der Waals surface area contributed by atoms with Crippen molar-refractivity contribution in [1.29, 1.82) is 0 Å². The first-order valence-corrected chi connectivity index (χ1v) is 5.26. The van der Waals surface area contributed by atoms with E-state index in [2.05, 4.69) is 9.64 Å². The molecule has 1 aromatic rings. The van der Waals surface area contributed by atoms with Gasteiger partial charge in [-0.2, -0.15) is 0 Å². The topological polar surface area (TPSA) is 51.9 Å². The quantitative estimate of drug-likeness (QED) is 0.715. The fourth-order valence-corrected chi connectivity index (χ4v) is 1.73. The van der Waals surface area contributed by atoms with Crippen molar-refractivity contribution < 1.29 is 18.7 Å². The van der Waals surface area contributed by atoms with E-state index in [4.69, 9.17) is 9.15 Å². The number of hydrogen-bond donors (Lipinski definition) is 0. The summed E-state index contributed by atoms with van der Waals surface area (Å²) in [7, 11) is 1.35. The van der Waals surface area contributed by atoms with Gasteiger partial charge in [0.2, 0.25) is 5.76 Å². The van der Waals surface area contributed by atoms with Gasteiger partial charge < -0.3 is 13.9 Å². The summed E-state index contributed by atoms with van der Waals surface area (Å²) in [5.41, 5.74) is 0.869. The highest BCUT2D eigenvalue weighted by atomic mass is 16.5. The van der Waals surface area contributed by atoms with E-state index in [0.717, 1.165) is 31.9 Å². The number of nitrogens with zero attached hydrogens (tertiary/aromatic N) is 1. The van der Waals surface area contributed by atoms with E-state index < -0.39 is 5.97 Å². The highest BCUT2D eigenvalue weighted by molar-refractivity contribution is 5.87. The third-order valence-corrected chi connectivity index (χ3v) is 2.62. The Labute approximate surface area is 93.9 Å². The number of ether oxygens (including phenoxy) is 2. The Balaban J connectivity index is 2.03. The largest absolute Gasteiger partial charge is 0.463 e. The molecular formula is C11H15NO4. The zero-order valence-electron chi connectivity index (χ0n) is 9.27. The highest BCUT2D eigenvalue weighted by Crippen LogP contribution is 2.15. The predicted octanol–water partition coefficient (Wildman–Crippen LogP) is 0.898.